The van der Waals surface area contributed by atoms with Crippen LogP contribution in [0.3, 0.4) is 0 Å². The molecule has 9 heteroatoms. The maximum Gasteiger partial charge on any atom is 0.329 e. The molecule has 4 N–H and O–H groups in total. The van der Waals surface area contributed by atoms with E-state index >= 15 is 0 Å². The minimum atomic E-state index is -0.917. The van der Waals surface area contributed by atoms with Gasteiger partial charge in [0.25, 0.3) is 0 Å². The molecule has 1 aromatic heterocycles. The lowest BCUT2D eigenvalue weighted by molar-refractivity contribution is -0.384. The third-order valence-electron chi connectivity index (χ3n) is 2.08. The summed E-state index contributed by atoms with van der Waals surface area (Å²) in [6, 6.07) is 0. The van der Waals surface area contributed by atoms with Crippen molar-refractivity contribution in [3.8, 4) is 0 Å². The number of nitrogens with two attached hydrogens (primary N) is 1. The van der Waals surface area contributed by atoms with E-state index in [0.717, 1.165) is 6.20 Å². The molecule has 0 aliphatic carbocycles. The quantitative estimate of drug-likeness (QED) is 0.505. The lowest BCUT2D eigenvalue weighted by Crippen LogP contribution is -2.36. The van der Waals surface area contributed by atoms with Crippen LogP contribution in [-0.4, -0.2) is 44.2 Å². The molecule has 0 aromatic carbocycles. The molecule has 0 saturated carbocycles. The monoisotopic (exact) mass is 273 g/mol. The van der Waals surface area contributed by atoms with Gasteiger partial charge in [0.15, 0.2) is 0 Å². The molecule has 0 aliphatic heterocycles. The molecule has 0 saturated heterocycles. The van der Waals surface area contributed by atoms with Crippen molar-refractivity contribution < 1.29 is 10.0 Å². The van der Waals surface area contributed by atoms with Gasteiger partial charge in [-0.1, -0.05) is 0 Å². The first-order chi connectivity index (χ1) is 8.35. The Morgan fingerprint density at radius 2 is 2.39 bits per heavy atom. The predicted octanol–water partition coefficient (Wildman–Crippen LogP) is 0.493. The summed E-state index contributed by atoms with van der Waals surface area (Å²) in [6.07, 6.45) is 2.92. The van der Waals surface area contributed by atoms with Gasteiger partial charge in [-0.2, -0.15) is 16.7 Å². The van der Waals surface area contributed by atoms with Gasteiger partial charge in [0.05, 0.1) is 10.5 Å². The van der Waals surface area contributed by atoms with Crippen LogP contribution in [0.4, 0.5) is 17.5 Å². The first-order valence-corrected chi connectivity index (χ1v) is 6.47. The molecule has 1 atom stereocenters. The number of thioether (sulfide) groups is 1. The molecule has 18 heavy (non-hydrogen) atoms. The minimum absolute atomic E-state index is 0.152. The number of nitro groups is 1. The van der Waals surface area contributed by atoms with Gasteiger partial charge < -0.3 is 16.2 Å². The fourth-order valence-corrected chi connectivity index (χ4v) is 1.97. The number of anilines is 2. The highest BCUT2D eigenvalue weighted by atomic mass is 32.2. The van der Waals surface area contributed by atoms with E-state index in [1.807, 2.05) is 6.26 Å². The Balaban J connectivity index is 2.70. The van der Waals surface area contributed by atoms with Crippen LogP contribution < -0.4 is 11.1 Å². The molecule has 0 spiro atoms. The zero-order valence-electron chi connectivity index (χ0n) is 10.1. The Kier molecular flexibility index (Phi) is 4.68. The highest BCUT2D eigenvalue weighted by Crippen LogP contribution is 2.18. The second-order valence-corrected chi connectivity index (χ2v) is 4.87. The summed E-state index contributed by atoms with van der Waals surface area (Å²) in [5.41, 5.74) is 4.17. The topological polar surface area (TPSA) is 127 Å². The summed E-state index contributed by atoms with van der Waals surface area (Å²) in [7, 11) is 0. The van der Waals surface area contributed by atoms with E-state index in [4.69, 9.17) is 5.73 Å². The Bertz CT molecular complexity index is 440. The molecule has 0 aliphatic rings. The van der Waals surface area contributed by atoms with E-state index in [9.17, 15) is 15.2 Å². The summed E-state index contributed by atoms with van der Waals surface area (Å²) in [6.45, 7) is 1.90. The number of hydrogen-bond donors (Lipinski definition) is 3. The van der Waals surface area contributed by atoms with Crippen LogP contribution in [0.5, 0.6) is 0 Å². The third-order valence-corrected chi connectivity index (χ3v) is 2.99. The average Bonchev–Trinajstić information content (AvgIpc) is 2.26. The largest absolute Gasteiger partial charge is 0.387 e. The maximum atomic E-state index is 10.5. The maximum absolute atomic E-state index is 10.5. The van der Waals surface area contributed by atoms with Crippen molar-refractivity contribution >= 4 is 29.2 Å². The third kappa shape index (κ3) is 4.00. The molecule has 0 radical (unpaired) electrons. The van der Waals surface area contributed by atoms with Crippen LogP contribution in [0.2, 0.25) is 0 Å². The van der Waals surface area contributed by atoms with Crippen molar-refractivity contribution in [1.29, 1.82) is 0 Å². The van der Waals surface area contributed by atoms with Crippen molar-refractivity contribution in [3.05, 3.63) is 16.3 Å². The average molecular weight is 273 g/mol. The van der Waals surface area contributed by atoms with Crippen LogP contribution in [-0.2, 0) is 0 Å². The molecule has 1 rings (SSSR count). The van der Waals surface area contributed by atoms with Crippen molar-refractivity contribution in [1.82, 2.24) is 9.97 Å². The van der Waals surface area contributed by atoms with E-state index in [-0.39, 0.29) is 24.0 Å². The number of nitrogens with zero attached hydrogens (tertiary/aromatic N) is 3. The van der Waals surface area contributed by atoms with Crippen molar-refractivity contribution in [3.63, 3.8) is 0 Å². The van der Waals surface area contributed by atoms with Gasteiger partial charge in [0, 0.05) is 12.3 Å². The second kappa shape index (κ2) is 5.83. The molecule has 0 fully saturated rings. The molecular weight excluding hydrogens is 258 g/mol. The number of rotatable bonds is 6. The molecule has 0 bridgehead atoms. The zero-order chi connectivity index (χ0) is 13.8. The Labute approximate surface area is 108 Å². The highest BCUT2D eigenvalue weighted by molar-refractivity contribution is 7.98. The Hall–Kier alpha value is -1.61. The number of nitrogen functional groups attached to an aromatic ring is 1. The van der Waals surface area contributed by atoms with Gasteiger partial charge in [0.1, 0.15) is 6.20 Å². The number of hydrogen-bond acceptors (Lipinski definition) is 8. The Morgan fingerprint density at radius 1 is 1.72 bits per heavy atom. The number of aromatic nitrogens is 2. The van der Waals surface area contributed by atoms with E-state index in [1.54, 1.807) is 6.92 Å². The molecular formula is C9H15N5O3S. The van der Waals surface area contributed by atoms with Gasteiger partial charge in [-0.15, -0.1) is 0 Å². The second-order valence-electron chi connectivity index (χ2n) is 4.00. The van der Waals surface area contributed by atoms with Crippen molar-refractivity contribution in [2.24, 2.45) is 0 Å². The Morgan fingerprint density at radius 3 is 2.89 bits per heavy atom. The van der Waals surface area contributed by atoms with Crippen LogP contribution >= 0.6 is 11.8 Å². The number of nitrogens with one attached hydrogen (secondary N) is 1. The van der Waals surface area contributed by atoms with Gasteiger partial charge in [0.2, 0.25) is 11.8 Å². The first-order valence-electron chi connectivity index (χ1n) is 5.08. The van der Waals surface area contributed by atoms with E-state index in [2.05, 4.69) is 15.3 Å². The summed E-state index contributed by atoms with van der Waals surface area (Å²) >= 11 is 1.51. The smallest absolute Gasteiger partial charge is 0.329 e. The summed E-state index contributed by atoms with van der Waals surface area (Å²) < 4.78 is 0. The van der Waals surface area contributed by atoms with Gasteiger partial charge in [-0.3, -0.25) is 10.1 Å². The highest BCUT2D eigenvalue weighted by Gasteiger charge is 2.20. The molecule has 100 valence electrons. The van der Waals surface area contributed by atoms with Gasteiger partial charge in [-0.05, 0) is 13.2 Å². The molecule has 0 amide bonds. The number of aliphatic hydroxyl groups is 1. The van der Waals surface area contributed by atoms with E-state index < -0.39 is 10.5 Å². The van der Waals surface area contributed by atoms with E-state index in [0.29, 0.717) is 5.75 Å². The molecule has 1 unspecified atom stereocenters. The standard InChI is InChI=1S/C9H15N5O3S/c1-9(15,5-18-2)4-12-8-11-3-6(14(16)17)7(10)13-8/h3,15H,4-5H2,1-2H3,(H3,10,11,12,13). The predicted molar refractivity (Wildman–Crippen MR) is 70.6 cm³/mol. The SMILES string of the molecule is CSCC(C)(O)CNc1ncc([N+](=O)[O-])c(N)n1. The lowest BCUT2D eigenvalue weighted by atomic mass is 10.1. The van der Waals surface area contributed by atoms with Crippen molar-refractivity contribution in [2.75, 3.05) is 29.6 Å². The fourth-order valence-electron chi connectivity index (χ4n) is 1.25. The van der Waals surface area contributed by atoms with Crippen molar-refractivity contribution in [2.45, 2.75) is 12.5 Å². The summed E-state index contributed by atoms with van der Waals surface area (Å²) in [4.78, 5) is 17.4. The summed E-state index contributed by atoms with van der Waals surface area (Å²) in [5.74, 6) is 0.490. The lowest BCUT2D eigenvalue weighted by Gasteiger charge is -2.22. The molecule has 1 aromatic rings. The normalized spacial score (nSPS) is 13.9. The van der Waals surface area contributed by atoms with Gasteiger partial charge >= 0.3 is 5.69 Å². The van der Waals surface area contributed by atoms with Crippen LogP contribution in [0, 0.1) is 10.1 Å². The van der Waals surface area contributed by atoms with Crippen LogP contribution in [0.15, 0.2) is 6.20 Å². The van der Waals surface area contributed by atoms with Gasteiger partial charge in [-0.25, -0.2) is 4.98 Å². The zero-order valence-corrected chi connectivity index (χ0v) is 10.9. The summed E-state index contributed by atoms with van der Waals surface area (Å²) in [5, 5.41) is 23.2. The van der Waals surface area contributed by atoms with Crippen LogP contribution in [0.25, 0.3) is 0 Å². The van der Waals surface area contributed by atoms with Crippen LogP contribution in [0.1, 0.15) is 6.92 Å². The molecule has 1 heterocycles. The van der Waals surface area contributed by atoms with E-state index in [1.165, 1.54) is 11.8 Å². The minimum Gasteiger partial charge on any atom is -0.387 e. The first kappa shape index (κ1) is 14.5. The molecule has 8 nitrogen and oxygen atoms in total. The fraction of sp³-hybridized carbons (Fsp3) is 0.556.